The van der Waals surface area contributed by atoms with E-state index in [1.807, 2.05) is 0 Å². The Balaban J connectivity index is 2.64. The third kappa shape index (κ3) is 1.99. The second-order valence-electron chi connectivity index (χ2n) is 3.77. The Morgan fingerprint density at radius 2 is 2.00 bits per heavy atom. The van der Waals surface area contributed by atoms with Crippen LogP contribution in [-0.2, 0) is 0 Å². The van der Waals surface area contributed by atoms with Gasteiger partial charge in [-0.15, -0.1) is 0 Å². The lowest BCUT2D eigenvalue weighted by Gasteiger charge is -2.03. The maximum absolute atomic E-state index is 10.9. The summed E-state index contributed by atoms with van der Waals surface area (Å²) >= 11 is 0. The number of aromatic carboxylic acids is 1. The van der Waals surface area contributed by atoms with Crippen molar-refractivity contribution >= 4 is 5.97 Å². The molecule has 0 bridgehead atoms. The predicted octanol–water partition coefficient (Wildman–Crippen LogP) is 2.36. The zero-order valence-corrected chi connectivity index (χ0v) is 9.39. The topological polar surface area (TPSA) is 83.6 Å². The largest absolute Gasteiger partial charge is 0.508 e. The van der Waals surface area contributed by atoms with Gasteiger partial charge in [-0.1, -0.05) is 5.16 Å². The van der Waals surface area contributed by atoms with E-state index < -0.39 is 5.97 Å². The Morgan fingerprint density at radius 3 is 2.53 bits per heavy atom. The second kappa shape index (κ2) is 3.93. The SMILES string of the molecule is Cc1noc(C)c1-c1cc(O)cc(C(=O)O)c1. The fourth-order valence-electron chi connectivity index (χ4n) is 1.77. The highest BCUT2D eigenvalue weighted by molar-refractivity contribution is 5.90. The van der Waals surface area contributed by atoms with Crippen molar-refractivity contribution in [3.63, 3.8) is 0 Å². The molecule has 0 spiro atoms. The van der Waals surface area contributed by atoms with E-state index in [-0.39, 0.29) is 11.3 Å². The normalized spacial score (nSPS) is 10.5. The smallest absolute Gasteiger partial charge is 0.335 e. The number of carboxylic acids is 1. The molecule has 0 saturated heterocycles. The van der Waals surface area contributed by atoms with Crippen LogP contribution in [0.4, 0.5) is 0 Å². The van der Waals surface area contributed by atoms with Gasteiger partial charge in [-0.2, -0.15) is 0 Å². The molecule has 0 atom stereocenters. The minimum atomic E-state index is -1.09. The number of benzene rings is 1. The summed E-state index contributed by atoms with van der Waals surface area (Å²) < 4.78 is 5.01. The number of hydrogen-bond donors (Lipinski definition) is 2. The summed E-state index contributed by atoms with van der Waals surface area (Å²) in [6.45, 7) is 3.50. The number of rotatable bonds is 2. The first-order valence-electron chi connectivity index (χ1n) is 4.99. The molecule has 0 radical (unpaired) electrons. The molecule has 0 amide bonds. The zero-order valence-electron chi connectivity index (χ0n) is 9.39. The van der Waals surface area contributed by atoms with E-state index in [1.54, 1.807) is 13.8 Å². The van der Waals surface area contributed by atoms with Crippen molar-refractivity contribution in [2.75, 3.05) is 0 Å². The van der Waals surface area contributed by atoms with Crippen LogP contribution in [0.1, 0.15) is 21.8 Å². The Bertz CT molecular complexity index is 567. The molecule has 2 N–H and O–H groups in total. The van der Waals surface area contributed by atoms with Crippen molar-refractivity contribution in [2.45, 2.75) is 13.8 Å². The molecule has 1 aromatic heterocycles. The summed E-state index contributed by atoms with van der Waals surface area (Å²) in [4.78, 5) is 10.9. The number of aromatic hydroxyl groups is 1. The van der Waals surface area contributed by atoms with Crippen LogP contribution in [0.25, 0.3) is 11.1 Å². The number of aromatic nitrogens is 1. The minimum Gasteiger partial charge on any atom is -0.508 e. The highest BCUT2D eigenvalue weighted by Crippen LogP contribution is 2.30. The fraction of sp³-hybridized carbons (Fsp3) is 0.167. The minimum absolute atomic E-state index is 0.0278. The molecule has 0 fully saturated rings. The molecular weight excluding hydrogens is 222 g/mol. The average Bonchev–Trinajstić information content (AvgIpc) is 2.57. The molecule has 17 heavy (non-hydrogen) atoms. The van der Waals surface area contributed by atoms with E-state index in [9.17, 15) is 9.90 Å². The van der Waals surface area contributed by atoms with E-state index in [0.29, 0.717) is 22.6 Å². The Kier molecular flexibility index (Phi) is 2.59. The van der Waals surface area contributed by atoms with Crippen molar-refractivity contribution in [3.05, 3.63) is 35.2 Å². The molecule has 0 saturated carbocycles. The zero-order chi connectivity index (χ0) is 12.6. The number of carbonyl (C=O) groups is 1. The molecule has 2 rings (SSSR count). The number of carboxylic acid groups (broad SMARTS) is 1. The number of aryl methyl sites for hydroxylation is 2. The molecule has 0 aliphatic rings. The van der Waals surface area contributed by atoms with Gasteiger partial charge in [0.05, 0.1) is 11.3 Å². The van der Waals surface area contributed by atoms with E-state index in [1.165, 1.54) is 18.2 Å². The van der Waals surface area contributed by atoms with Crippen LogP contribution >= 0.6 is 0 Å². The summed E-state index contributed by atoms with van der Waals surface area (Å²) in [5.74, 6) is -0.599. The van der Waals surface area contributed by atoms with Crippen LogP contribution in [0.5, 0.6) is 5.75 Å². The lowest BCUT2D eigenvalue weighted by Crippen LogP contribution is -1.96. The first-order chi connectivity index (χ1) is 7.99. The van der Waals surface area contributed by atoms with Gasteiger partial charge in [0.15, 0.2) is 0 Å². The van der Waals surface area contributed by atoms with Gasteiger partial charge < -0.3 is 14.7 Å². The van der Waals surface area contributed by atoms with Crippen molar-refractivity contribution in [3.8, 4) is 16.9 Å². The molecule has 0 aliphatic heterocycles. The number of hydrogen-bond acceptors (Lipinski definition) is 4. The molecule has 5 heteroatoms. The van der Waals surface area contributed by atoms with Gasteiger partial charge in [-0.05, 0) is 37.6 Å². The van der Waals surface area contributed by atoms with Crippen LogP contribution in [0.15, 0.2) is 22.7 Å². The molecule has 0 aliphatic carbocycles. The van der Waals surface area contributed by atoms with Crippen molar-refractivity contribution < 1.29 is 19.5 Å². The van der Waals surface area contributed by atoms with Crippen LogP contribution in [-0.4, -0.2) is 21.3 Å². The van der Waals surface area contributed by atoms with Crippen LogP contribution in [0.2, 0.25) is 0 Å². The Labute approximate surface area is 97.3 Å². The van der Waals surface area contributed by atoms with Crippen LogP contribution in [0.3, 0.4) is 0 Å². The first kappa shape index (κ1) is 11.2. The molecule has 2 aromatic rings. The third-order valence-corrected chi connectivity index (χ3v) is 2.49. The van der Waals surface area contributed by atoms with E-state index in [2.05, 4.69) is 5.16 Å². The van der Waals surface area contributed by atoms with Gasteiger partial charge >= 0.3 is 5.97 Å². The van der Waals surface area contributed by atoms with E-state index in [4.69, 9.17) is 9.63 Å². The van der Waals surface area contributed by atoms with Crippen molar-refractivity contribution in [2.24, 2.45) is 0 Å². The lowest BCUT2D eigenvalue weighted by molar-refractivity contribution is 0.0696. The van der Waals surface area contributed by atoms with Crippen molar-refractivity contribution in [1.82, 2.24) is 5.16 Å². The Hall–Kier alpha value is -2.30. The van der Waals surface area contributed by atoms with Crippen molar-refractivity contribution in [1.29, 1.82) is 0 Å². The molecule has 1 aromatic carbocycles. The van der Waals surface area contributed by atoms with Crippen LogP contribution in [0, 0.1) is 13.8 Å². The molecule has 0 unspecified atom stereocenters. The van der Waals surface area contributed by atoms with Crippen LogP contribution < -0.4 is 0 Å². The quantitative estimate of drug-likeness (QED) is 0.831. The number of phenolic OH excluding ortho intramolecular Hbond substituents is 1. The molecule has 5 nitrogen and oxygen atoms in total. The number of phenols is 1. The van der Waals surface area contributed by atoms with Gasteiger partial charge in [-0.3, -0.25) is 0 Å². The molecule has 1 heterocycles. The van der Waals surface area contributed by atoms with Gasteiger partial charge in [0, 0.05) is 5.56 Å². The average molecular weight is 233 g/mol. The monoisotopic (exact) mass is 233 g/mol. The maximum atomic E-state index is 10.9. The van der Waals surface area contributed by atoms with E-state index in [0.717, 1.165) is 0 Å². The summed E-state index contributed by atoms with van der Waals surface area (Å²) in [6.07, 6.45) is 0. The first-order valence-corrected chi connectivity index (χ1v) is 4.99. The Morgan fingerprint density at radius 1 is 1.29 bits per heavy atom. The molecule has 88 valence electrons. The summed E-state index contributed by atoms with van der Waals surface area (Å²) in [7, 11) is 0. The second-order valence-corrected chi connectivity index (χ2v) is 3.77. The number of nitrogens with zero attached hydrogens (tertiary/aromatic N) is 1. The lowest BCUT2D eigenvalue weighted by atomic mass is 10.0. The summed E-state index contributed by atoms with van der Waals surface area (Å²) in [5.41, 5.74) is 1.98. The summed E-state index contributed by atoms with van der Waals surface area (Å²) in [5, 5.41) is 22.2. The van der Waals surface area contributed by atoms with E-state index >= 15 is 0 Å². The highest BCUT2D eigenvalue weighted by atomic mass is 16.5. The maximum Gasteiger partial charge on any atom is 0.335 e. The van der Waals surface area contributed by atoms with Gasteiger partial charge in [0.25, 0.3) is 0 Å². The summed E-state index contributed by atoms with van der Waals surface area (Å²) in [6, 6.07) is 4.16. The van der Waals surface area contributed by atoms with Gasteiger partial charge in [0.2, 0.25) is 0 Å². The van der Waals surface area contributed by atoms with Gasteiger partial charge in [0.1, 0.15) is 11.5 Å². The molecular formula is C12H11NO4. The predicted molar refractivity (Wildman–Crippen MR) is 60.0 cm³/mol. The van der Waals surface area contributed by atoms with Gasteiger partial charge in [-0.25, -0.2) is 4.79 Å². The third-order valence-electron chi connectivity index (χ3n) is 2.49. The standard InChI is InChI=1S/C12H11NO4/c1-6-11(7(2)17-13-6)8-3-9(12(15)16)5-10(14)4-8/h3-5,14H,1-2H3,(H,15,16). The fourth-order valence-corrected chi connectivity index (χ4v) is 1.77. The highest BCUT2D eigenvalue weighted by Gasteiger charge is 2.14.